The molecule has 0 aliphatic heterocycles. The molecule has 2 N–H and O–H groups in total. The Morgan fingerprint density at radius 3 is 2.74 bits per heavy atom. The Balaban J connectivity index is 2.78. The number of aryl methyl sites for hydroxylation is 1. The number of aliphatic hydroxyl groups excluding tert-OH is 1. The van der Waals surface area contributed by atoms with Crippen molar-refractivity contribution < 1.29 is 14.6 Å². The van der Waals surface area contributed by atoms with Crippen molar-refractivity contribution in [2.24, 2.45) is 0 Å². The Hall–Kier alpha value is -1.55. The molecule has 1 rings (SSSR count). The fourth-order valence-electron chi connectivity index (χ4n) is 1.75. The van der Waals surface area contributed by atoms with Gasteiger partial charge >= 0.3 is 0 Å². The molecule has 0 saturated carbocycles. The van der Waals surface area contributed by atoms with Gasteiger partial charge in [-0.25, -0.2) is 0 Å². The number of rotatable bonds is 7. The van der Waals surface area contributed by atoms with Gasteiger partial charge in [-0.15, -0.1) is 0 Å². The summed E-state index contributed by atoms with van der Waals surface area (Å²) in [6.07, 6.45) is 1.51. The summed E-state index contributed by atoms with van der Waals surface area (Å²) in [5.74, 6) is 0.726. The minimum Gasteiger partial charge on any atom is -0.491 e. The molecule has 1 aromatic carbocycles. The van der Waals surface area contributed by atoms with Crippen molar-refractivity contribution in [3.63, 3.8) is 0 Å². The summed E-state index contributed by atoms with van der Waals surface area (Å²) >= 11 is 0. The van der Waals surface area contributed by atoms with Gasteiger partial charge in [0.2, 0.25) is 0 Å². The van der Waals surface area contributed by atoms with Crippen molar-refractivity contribution in [2.75, 3.05) is 13.2 Å². The minimum absolute atomic E-state index is 0.0850. The highest BCUT2D eigenvalue weighted by Crippen LogP contribution is 2.22. The Labute approximate surface area is 114 Å². The summed E-state index contributed by atoms with van der Waals surface area (Å²) in [5.41, 5.74) is 1.66. The third kappa shape index (κ3) is 4.91. The number of carbonyl (C=O) groups is 1. The van der Waals surface area contributed by atoms with Gasteiger partial charge in [-0.1, -0.05) is 6.92 Å². The van der Waals surface area contributed by atoms with Crippen molar-refractivity contribution in [2.45, 2.75) is 39.7 Å². The zero-order chi connectivity index (χ0) is 14.3. The summed E-state index contributed by atoms with van der Waals surface area (Å²) in [6, 6.07) is 5.48. The van der Waals surface area contributed by atoms with E-state index in [-0.39, 0.29) is 18.6 Å². The first-order valence-corrected chi connectivity index (χ1v) is 6.77. The van der Waals surface area contributed by atoms with Crippen molar-refractivity contribution in [3.8, 4) is 5.75 Å². The van der Waals surface area contributed by atoms with Crippen LogP contribution in [0, 0.1) is 0 Å². The second-order valence-electron chi connectivity index (χ2n) is 4.68. The van der Waals surface area contributed by atoms with Gasteiger partial charge in [0.15, 0.2) is 0 Å². The van der Waals surface area contributed by atoms with E-state index in [4.69, 9.17) is 9.84 Å². The molecule has 0 aromatic heterocycles. The molecule has 0 unspecified atom stereocenters. The van der Waals surface area contributed by atoms with Crippen LogP contribution in [0.2, 0.25) is 0 Å². The molecule has 106 valence electrons. The number of ether oxygens (including phenoxy) is 1. The number of amides is 1. The van der Waals surface area contributed by atoms with Gasteiger partial charge in [0, 0.05) is 18.7 Å². The van der Waals surface area contributed by atoms with E-state index in [2.05, 4.69) is 5.32 Å². The summed E-state index contributed by atoms with van der Waals surface area (Å²) in [5, 5.41) is 11.5. The van der Waals surface area contributed by atoms with E-state index in [0.29, 0.717) is 18.5 Å². The quantitative estimate of drug-likeness (QED) is 0.743. The Morgan fingerprint density at radius 2 is 2.16 bits per heavy atom. The molecule has 0 saturated heterocycles. The van der Waals surface area contributed by atoms with Gasteiger partial charge in [0.25, 0.3) is 5.91 Å². The first-order chi connectivity index (χ1) is 9.08. The van der Waals surface area contributed by atoms with Crippen LogP contribution in [0.1, 0.15) is 43.1 Å². The Kier molecular flexibility index (Phi) is 6.36. The fourth-order valence-corrected chi connectivity index (χ4v) is 1.75. The lowest BCUT2D eigenvalue weighted by atomic mass is 10.1. The molecule has 0 heterocycles. The lowest BCUT2D eigenvalue weighted by Gasteiger charge is -2.14. The molecule has 0 bridgehead atoms. The first-order valence-electron chi connectivity index (χ1n) is 6.77. The minimum atomic E-state index is -0.112. The predicted octanol–water partition coefficient (Wildman–Crippen LogP) is 2.15. The van der Waals surface area contributed by atoms with Gasteiger partial charge in [-0.2, -0.15) is 0 Å². The van der Waals surface area contributed by atoms with Crippen molar-refractivity contribution in [3.05, 3.63) is 29.3 Å². The molecule has 4 nitrogen and oxygen atoms in total. The number of hydrogen-bond donors (Lipinski definition) is 2. The standard InChI is InChI=1S/C15H23NO3/c1-4-12-10-13(15(18)16-8-5-9-17)6-7-14(12)19-11(2)3/h6-7,10-11,17H,4-5,8-9H2,1-3H3,(H,16,18). The number of aliphatic hydroxyl groups is 1. The molecule has 19 heavy (non-hydrogen) atoms. The largest absolute Gasteiger partial charge is 0.491 e. The molecule has 4 heteroatoms. The molecule has 0 atom stereocenters. The third-order valence-electron chi connectivity index (χ3n) is 2.69. The second-order valence-corrected chi connectivity index (χ2v) is 4.68. The number of benzene rings is 1. The highest BCUT2D eigenvalue weighted by Gasteiger charge is 2.10. The van der Waals surface area contributed by atoms with Crippen molar-refractivity contribution in [1.29, 1.82) is 0 Å². The van der Waals surface area contributed by atoms with Crippen LogP contribution in [0.15, 0.2) is 18.2 Å². The zero-order valence-electron chi connectivity index (χ0n) is 11.9. The van der Waals surface area contributed by atoms with Gasteiger partial charge < -0.3 is 15.2 Å². The van der Waals surface area contributed by atoms with E-state index < -0.39 is 0 Å². The molecule has 1 aromatic rings. The van der Waals surface area contributed by atoms with E-state index in [0.717, 1.165) is 17.7 Å². The van der Waals surface area contributed by atoms with Crippen LogP contribution in [-0.4, -0.2) is 30.3 Å². The van der Waals surface area contributed by atoms with Crippen LogP contribution in [0.4, 0.5) is 0 Å². The Bertz CT molecular complexity index is 416. The van der Waals surface area contributed by atoms with Crippen molar-refractivity contribution in [1.82, 2.24) is 5.32 Å². The number of hydrogen-bond acceptors (Lipinski definition) is 3. The average molecular weight is 265 g/mol. The van der Waals surface area contributed by atoms with Crippen LogP contribution in [0.5, 0.6) is 5.75 Å². The maximum Gasteiger partial charge on any atom is 0.251 e. The lowest BCUT2D eigenvalue weighted by molar-refractivity contribution is 0.0951. The normalized spacial score (nSPS) is 10.6. The molecular formula is C15H23NO3. The van der Waals surface area contributed by atoms with Crippen LogP contribution in [0.25, 0.3) is 0 Å². The van der Waals surface area contributed by atoms with E-state index in [1.165, 1.54) is 0 Å². The summed E-state index contributed by atoms with van der Waals surface area (Å²) in [4.78, 5) is 11.9. The van der Waals surface area contributed by atoms with Crippen LogP contribution >= 0.6 is 0 Å². The van der Waals surface area contributed by atoms with Gasteiger partial charge in [0.1, 0.15) is 5.75 Å². The van der Waals surface area contributed by atoms with Crippen LogP contribution < -0.4 is 10.1 Å². The maximum atomic E-state index is 11.9. The van der Waals surface area contributed by atoms with Gasteiger partial charge in [-0.3, -0.25) is 4.79 Å². The highest BCUT2D eigenvalue weighted by atomic mass is 16.5. The fraction of sp³-hybridized carbons (Fsp3) is 0.533. The third-order valence-corrected chi connectivity index (χ3v) is 2.69. The summed E-state index contributed by atoms with van der Waals surface area (Å²) in [7, 11) is 0. The average Bonchev–Trinajstić information content (AvgIpc) is 2.38. The lowest BCUT2D eigenvalue weighted by Crippen LogP contribution is -2.25. The molecule has 0 radical (unpaired) electrons. The molecule has 1 amide bonds. The molecular weight excluding hydrogens is 242 g/mol. The molecule has 0 aliphatic rings. The smallest absolute Gasteiger partial charge is 0.251 e. The highest BCUT2D eigenvalue weighted by molar-refractivity contribution is 5.94. The zero-order valence-corrected chi connectivity index (χ0v) is 11.9. The molecule has 0 spiro atoms. The topological polar surface area (TPSA) is 58.6 Å². The van der Waals surface area contributed by atoms with Crippen molar-refractivity contribution >= 4 is 5.91 Å². The van der Waals surface area contributed by atoms with E-state index in [1.807, 2.05) is 32.9 Å². The molecule has 0 aliphatic carbocycles. The predicted molar refractivity (Wildman–Crippen MR) is 75.6 cm³/mol. The summed E-state index contributed by atoms with van der Waals surface area (Å²) in [6.45, 7) is 6.57. The first kappa shape index (κ1) is 15.5. The van der Waals surface area contributed by atoms with Crippen LogP contribution in [0.3, 0.4) is 0 Å². The van der Waals surface area contributed by atoms with E-state index in [9.17, 15) is 4.79 Å². The number of nitrogens with one attached hydrogen (secondary N) is 1. The maximum absolute atomic E-state index is 11.9. The SMILES string of the molecule is CCc1cc(C(=O)NCCCO)ccc1OC(C)C. The summed E-state index contributed by atoms with van der Waals surface area (Å²) < 4.78 is 5.70. The van der Waals surface area contributed by atoms with E-state index >= 15 is 0 Å². The molecule has 0 fully saturated rings. The Morgan fingerprint density at radius 1 is 1.42 bits per heavy atom. The number of carbonyl (C=O) groups excluding carboxylic acids is 1. The van der Waals surface area contributed by atoms with Crippen LogP contribution in [-0.2, 0) is 6.42 Å². The van der Waals surface area contributed by atoms with E-state index in [1.54, 1.807) is 6.07 Å². The van der Waals surface area contributed by atoms with Gasteiger partial charge in [-0.05, 0) is 50.5 Å². The second kappa shape index (κ2) is 7.79. The monoisotopic (exact) mass is 265 g/mol. The van der Waals surface area contributed by atoms with Gasteiger partial charge in [0.05, 0.1) is 6.10 Å².